The Hall–Kier alpha value is -2.14. The molecule has 4 rings (SSSR count). The molecule has 2 aromatic rings. The van der Waals surface area contributed by atoms with Crippen molar-refractivity contribution in [3.05, 3.63) is 48.5 Å². The van der Waals surface area contributed by atoms with Crippen LogP contribution < -0.4 is 5.32 Å². The molecule has 0 spiro atoms. The van der Waals surface area contributed by atoms with Crippen LogP contribution in [-0.2, 0) is 11.3 Å². The summed E-state index contributed by atoms with van der Waals surface area (Å²) < 4.78 is 2.01. The maximum Gasteiger partial charge on any atom is 0.223 e. The lowest BCUT2D eigenvalue weighted by Crippen LogP contribution is -2.40. The lowest BCUT2D eigenvalue weighted by atomic mass is 9.95. The fourth-order valence-electron chi connectivity index (χ4n) is 3.34. The van der Waals surface area contributed by atoms with E-state index >= 15 is 0 Å². The Bertz CT molecular complexity index is 668. The van der Waals surface area contributed by atoms with Crippen LogP contribution in [0.2, 0.25) is 0 Å². The number of likely N-dealkylation sites (tertiary alicyclic amines) is 1. The van der Waals surface area contributed by atoms with Gasteiger partial charge in [0.25, 0.3) is 0 Å². The third-order valence-electron chi connectivity index (χ3n) is 5.03. The molecule has 1 aliphatic carbocycles. The molecular weight excluding hydrogens is 300 g/mol. The Balaban J connectivity index is 1.28. The number of carbonyl (C=O) groups is 1. The number of benzene rings is 1. The van der Waals surface area contributed by atoms with Crippen molar-refractivity contribution in [2.75, 3.05) is 13.1 Å². The second kappa shape index (κ2) is 6.77. The van der Waals surface area contributed by atoms with Crippen LogP contribution in [0.4, 0.5) is 0 Å². The highest BCUT2D eigenvalue weighted by Gasteiger charge is 2.29. The summed E-state index contributed by atoms with van der Waals surface area (Å²) in [6.45, 7) is 2.97. The number of rotatable bonds is 5. The molecule has 1 aromatic carbocycles. The monoisotopic (exact) mass is 324 g/mol. The molecule has 24 heavy (non-hydrogen) atoms. The smallest absolute Gasteiger partial charge is 0.223 e. The lowest BCUT2D eigenvalue weighted by Gasteiger charge is -2.31. The number of aromatic nitrogens is 2. The van der Waals surface area contributed by atoms with Gasteiger partial charge in [-0.3, -0.25) is 9.69 Å². The summed E-state index contributed by atoms with van der Waals surface area (Å²) in [5.74, 6) is 0.493. The van der Waals surface area contributed by atoms with E-state index in [1.807, 2.05) is 17.1 Å². The van der Waals surface area contributed by atoms with E-state index in [0.29, 0.717) is 6.04 Å². The van der Waals surface area contributed by atoms with Gasteiger partial charge in [0.15, 0.2) is 0 Å². The van der Waals surface area contributed by atoms with Gasteiger partial charge in [-0.15, -0.1) is 0 Å². The summed E-state index contributed by atoms with van der Waals surface area (Å²) in [6, 6.07) is 9.10. The zero-order valence-corrected chi connectivity index (χ0v) is 13.9. The molecule has 126 valence electrons. The van der Waals surface area contributed by atoms with Crippen LogP contribution in [0.1, 0.15) is 31.2 Å². The van der Waals surface area contributed by atoms with E-state index in [2.05, 4.69) is 39.5 Å². The average molecular weight is 324 g/mol. The largest absolute Gasteiger partial charge is 0.353 e. The van der Waals surface area contributed by atoms with Crippen LogP contribution in [-0.4, -0.2) is 39.5 Å². The molecule has 2 aliphatic rings. The molecule has 1 aromatic heterocycles. The number of carbonyl (C=O) groups excluding carboxylic acids is 1. The molecule has 1 aliphatic heterocycles. The van der Waals surface area contributed by atoms with Gasteiger partial charge in [0, 0.05) is 36.6 Å². The Morgan fingerprint density at radius 1 is 1.12 bits per heavy atom. The number of imidazole rings is 1. The van der Waals surface area contributed by atoms with Gasteiger partial charge in [-0.2, -0.15) is 0 Å². The van der Waals surface area contributed by atoms with Crippen molar-refractivity contribution in [2.24, 2.45) is 5.92 Å². The molecule has 2 fully saturated rings. The first-order valence-electron chi connectivity index (χ1n) is 8.88. The minimum absolute atomic E-state index is 0.213. The van der Waals surface area contributed by atoms with Crippen molar-refractivity contribution in [1.82, 2.24) is 19.8 Å². The molecule has 1 saturated heterocycles. The summed E-state index contributed by atoms with van der Waals surface area (Å²) in [5.41, 5.74) is 2.45. The quantitative estimate of drug-likeness (QED) is 0.918. The van der Waals surface area contributed by atoms with Crippen molar-refractivity contribution in [1.29, 1.82) is 0 Å². The molecule has 2 heterocycles. The lowest BCUT2D eigenvalue weighted by molar-refractivity contribution is -0.126. The molecule has 1 amide bonds. The average Bonchev–Trinajstić information content (AvgIpc) is 3.25. The molecule has 0 radical (unpaired) electrons. The fraction of sp³-hybridized carbons (Fsp3) is 0.474. The van der Waals surface area contributed by atoms with Crippen molar-refractivity contribution in [2.45, 2.75) is 38.3 Å². The Labute approximate surface area is 142 Å². The van der Waals surface area contributed by atoms with Crippen molar-refractivity contribution < 1.29 is 4.79 Å². The predicted molar refractivity (Wildman–Crippen MR) is 92.7 cm³/mol. The molecule has 0 unspecified atom stereocenters. The minimum Gasteiger partial charge on any atom is -0.353 e. The van der Waals surface area contributed by atoms with Gasteiger partial charge in [-0.1, -0.05) is 12.1 Å². The highest BCUT2D eigenvalue weighted by molar-refractivity contribution is 5.79. The first kappa shape index (κ1) is 15.4. The van der Waals surface area contributed by atoms with E-state index in [1.54, 1.807) is 6.20 Å². The zero-order chi connectivity index (χ0) is 16.4. The maximum absolute atomic E-state index is 12.1. The third kappa shape index (κ3) is 3.67. The Morgan fingerprint density at radius 3 is 2.50 bits per heavy atom. The van der Waals surface area contributed by atoms with E-state index in [1.165, 1.54) is 18.4 Å². The molecule has 1 N–H and O–H groups in total. The second-order valence-corrected chi connectivity index (χ2v) is 6.97. The van der Waals surface area contributed by atoms with E-state index in [9.17, 15) is 4.79 Å². The summed E-state index contributed by atoms with van der Waals surface area (Å²) in [7, 11) is 0. The van der Waals surface area contributed by atoms with E-state index in [0.717, 1.165) is 38.2 Å². The van der Waals surface area contributed by atoms with Crippen LogP contribution >= 0.6 is 0 Å². The van der Waals surface area contributed by atoms with Gasteiger partial charge >= 0.3 is 0 Å². The van der Waals surface area contributed by atoms with Crippen LogP contribution in [0.25, 0.3) is 5.69 Å². The maximum atomic E-state index is 12.1. The molecular formula is C19H24N4O. The number of nitrogens with one attached hydrogen (secondary N) is 1. The number of hydrogen-bond acceptors (Lipinski definition) is 3. The normalized spacial score (nSPS) is 19.3. The SMILES string of the molecule is O=C(NC1CC1)C1CCN(Cc2ccc(-n3ccnc3)cc2)CC1. The van der Waals surface area contributed by atoms with Crippen molar-refractivity contribution in [3.8, 4) is 5.69 Å². The number of piperidine rings is 1. The number of hydrogen-bond donors (Lipinski definition) is 1. The van der Waals surface area contributed by atoms with Crippen molar-refractivity contribution >= 4 is 5.91 Å². The minimum atomic E-state index is 0.213. The summed E-state index contributed by atoms with van der Waals surface area (Å²) in [6.07, 6.45) is 9.84. The molecule has 0 bridgehead atoms. The van der Waals surface area contributed by atoms with E-state index in [-0.39, 0.29) is 11.8 Å². The first-order valence-corrected chi connectivity index (χ1v) is 8.88. The number of amides is 1. The topological polar surface area (TPSA) is 50.2 Å². The molecule has 0 atom stereocenters. The summed E-state index contributed by atoms with van der Waals surface area (Å²) >= 11 is 0. The first-order chi connectivity index (χ1) is 11.8. The third-order valence-corrected chi connectivity index (χ3v) is 5.03. The zero-order valence-electron chi connectivity index (χ0n) is 13.9. The van der Waals surface area contributed by atoms with Crippen LogP contribution in [0.3, 0.4) is 0 Å². The highest BCUT2D eigenvalue weighted by atomic mass is 16.2. The Morgan fingerprint density at radius 2 is 1.88 bits per heavy atom. The standard InChI is InChI=1S/C19H24N4O/c24-19(21-17-3-4-17)16-7-10-22(11-8-16)13-15-1-5-18(6-2-15)23-12-9-20-14-23/h1-2,5-6,9,12,14,16-17H,3-4,7-8,10-11,13H2,(H,21,24). The summed E-state index contributed by atoms with van der Waals surface area (Å²) in [4.78, 5) is 18.7. The molecule has 5 heteroatoms. The predicted octanol–water partition coefficient (Wildman–Crippen LogP) is 2.36. The number of nitrogens with zero attached hydrogens (tertiary/aromatic N) is 3. The van der Waals surface area contributed by atoms with Crippen LogP contribution in [0.15, 0.2) is 43.0 Å². The van der Waals surface area contributed by atoms with Gasteiger partial charge in [-0.25, -0.2) is 4.98 Å². The van der Waals surface area contributed by atoms with Crippen molar-refractivity contribution in [3.63, 3.8) is 0 Å². The highest BCUT2D eigenvalue weighted by Crippen LogP contribution is 2.23. The van der Waals surface area contributed by atoms with E-state index < -0.39 is 0 Å². The van der Waals surface area contributed by atoms with Gasteiger partial charge in [0.05, 0.1) is 6.33 Å². The van der Waals surface area contributed by atoms with E-state index in [4.69, 9.17) is 0 Å². The van der Waals surface area contributed by atoms with Gasteiger partial charge in [0.2, 0.25) is 5.91 Å². The van der Waals surface area contributed by atoms with Gasteiger partial charge < -0.3 is 9.88 Å². The molecule has 1 saturated carbocycles. The second-order valence-electron chi connectivity index (χ2n) is 6.97. The fourth-order valence-corrected chi connectivity index (χ4v) is 3.34. The van der Waals surface area contributed by atoms with Crippen LogP contribution in [0.5, 0.6) is 0 Å². The molecule has 5 nitrogen and oxygen atoms in total. The van der Waals surface area contributed by atoms with Gasteiger partial charge in [-0.05, 0) is 56.5 Å². The van der Waals surface area contributed by atoms with Gasteiger partial charge in [0.1, 0.15) is 0 Å². The Kier molecular flexibility index (Phi) is 4.34. The van der Waals surface area contributed by atoms with Crippen LogP contribution in [0, 0.1) is 5.92 Å². The summed E-state index contributed by atoms with van der Waals surface area (Å²) in [5, 5.41) is 3.14.